The second-order valence-corrected chi connectivity index (χ2v) is 8.24. The van der Waals surface area contributed by atoms with Gasteiger partial charge in [0, 0.05) is 23.2 Å². The van der Waals surface area contributed by atoms with E-state index in [9.17, 15) is 0 Å². The highest BCUT2D eigenvalue weighted by Gasteiger charge is 2.20. The van der Waals surface area contributed by atoms with Crippen LogP contribution >= 0.6 is 22.9 Å². The molecule has 0 fully saturated rings. The van der Waals surface area contributed by atoms with E-state index in [1.165, 1.54) is 22.3 Å². The third kappa shape index (κ3) is 3.38. The molecule has 0 saturated carbocycles. The van der Waals surface area contributed by atoms with Gasteiger partial charge in [0.1, 0.15) is 10.6 Å². The smallest absolute Gasteiger partial charge is 0.225 e. The van der Waals surface area contributed by atoms with Gasteiger partial charge in [0.25, 0.3) is 0 Å². The Hall–Kier alpha value is -2.43. The van der Waals surface area contributed by atoms with E-state index in [0.717, 1.165) is 33.8 Å². The zero-order chi connectivity index (χ0) is 19.8. The number of hydrogen-bond donors (Lipinski definition) is 0. The molecule has 0 amide bonds. The summed E-state index contributed by atoms with van der Waals surface area (Å²) in [6.07, 6.45) is 0. The van der Waals surface area contributed by atoms with Crippen molar-refractivity contribution in [3.63, 3.8) is 0 Å². The van der Waals surface area contributed by atoms with Gasteiger partial charge in [-0.15, -0.1) is 11.3 Å². The van der Waals surface area contributed by atoms with Crippen LogP contribution < -0.4 is 4.90 Å². The predicted molar refractivity (Wildman–Crippen MR) is 121 cm³/mol. The lowest BCUT2D eigenvalue weighted by atomic mass is 9.99. The number of rotatable bonds is 4. The minimum atomic E-state index is 0.280. The van der Waals surface area contributed by atoms with Crippen LogP contribution in [0.4, 0.5) is 11.5 Å². The largest absolute Gasteiger partial charge is 0.326 e. The Morgan fingerprint density at radius 1 is 0.964 bits per heavy atom. The van der Waals surface area contributed by atoms with E-state index in [1.54, 1.807) is 11.3 Å². The van der Waals surface area contributed by atoms with Crippen LogP contribution in [-0.2, 0) is 0 Å². The van der Waals surface area contributed by atoms with E-state index in [4.69, 9.17) is 11.6 Å². The standard InChI is InChI=1S/C23H22ClN3S/c1-5-27(17-8-6-7-14(2)12-17)21-20-19(13-28-22(20)26-23(24)25-21)18-10-9-15(3)11-16(18)4/h6-13H,5H2,1-4H3. The minimum Gasteiger partial charge on any atom is -0.326 e. The molecule has 0 N–H and O–H groups in total. The fraction of sp³-hybridized carbons (Fsp3) is 0.217. The van der Waals surface area contributed by atoms with Crippen LogP contribution in [0.3, 0.4) is 0 Å². The third-order valence-corrected chi connectivity index (χ3v) is 5.99. The van der Waals surface area contributed by atoms with E-state index in [-0.39, 0.29) is 5.28 Å². The van der Waals surface area contributed by atoms with E-state index >= 15 is 0 Å². The zero-order valence-corrected chi connectivity index (χ0v) is 18.0. The fourth-order valence-electron chi connectivity index (χ4n) is 3.66. The molecule has 0 aliphatic heterocycles. The van der Waals surface area contributed by atoms with Crippen LogP contribution in [0.5, 0.6) is 0 Å². The van der Waals surface area contributed by atoms with Gasteiger partial charge in [-0.1, -0.05) is 35.9 Å². The lowest BCUT2D eigenvalue weighted by Crippen LogP contribution is -2.18. The molecule has 28 heavy (non-hydrogen) atoms. The lowest BCUT2D eigenvalue weighted by molar-refractivity contribution is 0.990. The number of aromatic nitrogens is 2. The summed E-state index contributed by atoms with van der Waals surface area (Å²) in [7, 11) is 0. The van der Waals surface area contributed by atoms with E-state index in [0.29, 0.717) is 0 Å². The summed E-state index contributed by atoms with van der Waals surface area (Å²) in [6, 6.07) is 15.0. The van der Waals surface area contributed by atoms with E-state index in [1.807, 2.05) is 0 Å². The molecule has 142 valence electrons. The lowest BCUT2D eigenvalue weighted by Gasteiger charge is -2.24. The van der Waals surface area contributed by atoms with Crippen molar-refractivity contribution in [2.24, 2.45) is 0 Å². The van der Waals surface area contributed by atoms with Crippen LogP contribution in [0.15, 0.2) is 47.8 Å². The van der Waals surface area contributed by atoms with Gasteiger partial charge in [0.2, 0.25) is 5.28 Å². The van der Waals surface area contributed by atoms with Crippen molar-refractivity contribution in [2.75, 3.05) is 11.4 Å². The molecule has 0 saturated heterocycles. The van der Waals surface area contributed by atoms with Crippen molar-refractivity contribution < 1.29 is 0 Å². The van der Waals surface area contributed by atoms with Crippen molar-refractivity contribution in [3.8, 4) is 11.1 Å². The molecule has 2 aromatic carbocycles. The molecule has 2 aromatic heterocycles. The number of anilines is 2. The van der Waals surface area contributed by atoms with Gasteiger partial charge in [0.15, 0.2) is 0 Å². The molecule has 5 heteroatoms. The first-order valence-electron chi connectivity index (χ1n) is 9.34. The van der Waals surface area contributed by atoms with Crippen molar-refractivity contribution >= 4 is 44.7 Å². The maximum atomic E-state index is 6.31. The number of aryl methyl sites for hydroxylation is 3. The average Bonchev–Trinajstić information content (AvgIpc) is 3.06. The maximum Gasteiger partial charge on any atom is 0.225 e. The first-order valence-corrected chi connectivity index (χ1v) is 10.6. The van der Waals surface area contributed by atoms with Gasteiger partial charge < -0.3 is 4.90 Å². The molecule has 4 aromatic rings. The maximum absolute atomic E-state index is 6.31. The van der Waals surface area contributed by atoms with Crippen LogP contribution in [0.1, 0.15) is 23.6 Å². The first-order chi connectivity index (χ1) is 13.5. The molecular weight excluding hydrogens is 386 g/mol. The molecule has 0 bridgehead atoms. The van der Waals surface area contributed by atoms with Crippen LogP contribution in [0, 0.1) is 20.8 Å². The van der Waals surface area contributed by atoms with Crippen molar-refractivity contribution in [2.45, 2.75) is 27.7 Å². The van der Waals surface area contributed by atoms with E-state index in [2.05, 4.69) is 90.4 Å². The summed E-state index contributed by atoms with van der Waals surface area (Å²) in [4.78, 5) is 12.3. The Morgan fingerprint density at radius 2 is 1.75 bits per heavy atom. The van der Waals surface area contributed by atoms with Crippen molar-refractivity contribution in [1.82, 2.24) is 9.97 Å². The van der Waals surface area contributed by atoms with E-state index < -0.39 is 0 Å². The quantitative estimate of drug-likeness (QED) is 0.338. The summed E-state index contributed by atoms with van der Waals surface area (Å²) < 4.78 is 0. The Kier molecular flexibility index (Phi) is 5.09. The molecule has 0 unspecified atom stereocenters. The zero-order valence-electron chi connectivity index (χ0n) is 16.5. The van der Waals surface area contributed by atoms with Gasteiger partial charge in [-0.25, -0.2) is 4.98 Å². The number of fused-ring (bicyclic) bond motifs is 1. The highest BCUT2D eigenvalue weighted by Crippen LogP contribution is 2.41. The Bertz CT molecular complexity index is 1170. The summed E-state index contributed by atoms with van der Waals surface area (Å²) in [5.41, 5.74) is 7.21. The van der Waals surface area contributed by atoms with Crippen molar-refractivity contribution in [1.29, 1.82) is 0 Å². The normalized spacial score (nSPS) is 11.2. The van der Waals surface area contributed by atoms with Gasteiger partial charge in [-0.2, -0.15) is 4.98 Å². The summed E-state index contributed by atoms with van der Waals surface area (Å²) >= 11 is 7.92. The van der Waals surface area contributed by atoms with Gasteiger partial charge in [-0.3, -0.25) is 0 Å². The number of thiophene rings is 1. The number of nitrogens with zero attached hydrogens (tertiary/aromatic N) is 3. The fourth-order valence-corrected chi connectivity index (χ4v) is 4.81. The number of halogens is 1. The SMILES string of the molecule is CCN(c1cccc(C)c1)c1nc(Cl)nc2scc(-c3ccc(C)cc3C)c12. The molecule has 0 atom stereocenters. The highest BCUT2D eigenvalue weighted by molar-refractivity contribution is 7.17. The number of benzene rings is 2. The Balaban J connectivity index is 1.99. The first kappa shape index (κ1) is 18.9. The van der Waals surface area contributed by atoms with Crippen LogP contribution in [0.25, 0.3) is 21.3 Å². The van der Waals surface area contributed by atoms with Crippen LogP contribution in [-0.4, -0.2) is 16.5 Å². The second-order valence-electron chi connectivity index (χ2n) is 7.05. The topological polar surface area (TPSA) is 29.0 Å². The summed E-state index contributed by atoms with van der Waals surface area (Å²) in [5, 5.41) is 3.51. The van der Waals surface area contributed by atoms with Gasteiger partial charge in [-0.05, 0) is 68.1 Å². The van der Waals surface area contributed by atoms with Crippen molar-refractivity contribution in [3.05, 3.63) is 69.8 Å². The molecule has 0 aliphatic carbocycles. The second kappa shape index (κ2) is 7.53. The molecule has 0 aliphatic rings. The molecule has 0 spiro atoms. The molecular formula is C23H22ClN3S. The van der Waals surface area contributed by atoms with Gasteiger partial charge in [0.05, 0.1) is 5.39 Å². The summed E-state index contributed by atoms with van der Waals surface area (Å²) in [6.45, 7) is 9.29. The summed E-state index contributed by atoms with van der Waals surface area (Å²) in [5.74, 6) is 0.860. The number of hydrogen-bond acceptors (Lipinski definition) is 4. The minimum absolute atomic E-state index is 0.280. The molecule has 0 radical (unpaired) electrons. The molecule has 3 nitrogen and oxygen atoms in total. The van der Waals surface area contributed by atoms with Gasteiger partial charge >= 0.3 is 0 Å². The Morgan fingerprint density at radius 3 is 2.46 bits per heavy atom. The average molecular weight is 408 g/mol. The Labute approximate surface area is 174 Å². The predicted octanol–water partition coefficient (Wildman–Crippen LogP) is 7.09. The van der Waals surface area contributed by atoms with Crippen LogP contribution in [0.2, 0.25) is 5.28 Å². The third-order valence-electron chi connectivity index (χ3n) is 4.94. The highest BCUT2D eigenvalue weighted by atomic mass is 35.5. The monoisotopic (exact) mass is 407 g/mol. The molecule has 2 heterocycles. The molecule has 4 rings (SSSR count).